The Kier molecular flexibility index (Phi) is 3.26. The molecule has 17 heavy (non-hydrogen) atoms. The number of nitrogens with zero attached hydrogens (tertiary/aromatic N) is 2. The highest BCUT2D eigenvalue weighted by Crippen LogP contribution is 2.33. The van der Waals surface area contributed by atoms with Crippen LogP contribution in [-0.2, 0) is 16.6 Å². The lowest BCUT2D eigenvalue weighted by Gasteiger charge is -2.29. The Balaban J connectivity index is 2.30. The molecule has 1 N–H and O–H groups in total. The molecule has 2 atom stereocenters. The summed E-state index contributed by atoms with van der Waals surface area (Å²) in [6, 6.07) is 0. The van der Waals surface area contributed by atoms with Crippen LogP contribution >= 0.6 is 0 Å². The molecule has 1 saturated heterocycles. The van der Waals surface area contributed by atoms with E-state index in [1.807, 2.05) is 18.5 Å². The van der Waals surface area contributed by atoms with Gasteiger partial charge in [0, 0.05) is 37.2 Å². The van der Waals surface area contributed by atoms with E-state index in [2.05, 4.69) is 10.3 Å². The quantitative estimate of drug-likeness (QED) is 0.794. The van der Waals surface area contributed by atoms with E-state index in [1.165, 1.54) is 0 Å². The van der Waals surface area contributed by atoms with Crippen LogP contribution in [0, 0.1) is 5.92 Å². The first-order chi connectivity index (χ1) is 8.13. The van der Waals surface area contributed by atoms with Crippen LogP contribution in [0.15, 0.2) is 12.5 Å². The Morgan fingerprint density at radius 2 is 2.29 bits per heavy atom. The molecule has 1 aliphatic rings. The predicted molar refractivity (Wildman–Crippen MR) is 62.1 cm³/mol. The van der Waals surface area contributed by atoms with Crippen molar-refractivity contribution in [1.29, 1.82) is 0 Å². The number of hydrogen-bond donors (Lipinski definition) is 1. The molecule has 2 unspecified atom stereocenters. The zero-order valence-electron chi connectivity index (χ0n) is 10.1. The van der Waals surface area contributed by atoms with Gasteiger partial charge in [0.05, 0.1) is 6.33 Å². The van der Waals surface area contributed by atoms with Crippen LogP contribution in [0.3, 0.4) is 0 Å². The fourth-order valence-electron chi connectivity index (χ4n) is 2.48. The van der Waals surface area contributed by atoms with Crippen molar-refractivity contribution >= 4 is 11.8 Å². The Bertz CT molecular complexity index is 439. The third-order valence-electron chi connectivity index (χ3n) is 3.32. The first-order valence-electron chi connectivity index (χ1n) is 5.93. The van der Waals surface area contributed by atoms with Gasteiger partial charge in [0.1, 0.15) is 0 Å². The summed E-state index contributed by atoms with van der Waals surface area (Å²) < 4.78 is 1.89. The number of aromatic nitrogens is 2. The molecule has 5 nitrogen and oxygen atoms in total. The van der Waals surface area contributed by atoms with Crippen LogP contribution in [0.4, 0.5) is 0 Å². The molecule has 0 radical (unpaired) electrons. The zero-order valence-corrected chi connectivity index (χ0v) is 10.1. The van der Waals surface area contributed by atoms with Crippen molar-refractivity contribution in [3.63, 3.8) is 0 Å². The summed E-state index contributed by atoms with van der Waals surface area (Å²) >= 11 is 0. The normalized spacial score (nSPS) is 24.8. The molecule has 0 aromatic carbocycles. The zero-order chi connectivity index (χ0) is 12.4. The molecule has 92 valence electrons. The van der Waals surface area contributed by atoms with Gasteiger partial charge in [0.15, 0.2) is 0 Å². The van der Waals surface area contributed by atoms with E-state index < -0.39 is 0 Å². The fraction of sp³-hybridized carbons (Fsp3) is 0.583. The van der Waals surface area contributed by atoms with Gasteiger partial charge >= 0.3 is 0 Å². The maximum absolute atomic E-state index is 11.8. The van der Waals surface area contributed by atoms with Crippen LogP contribution in [-0.4, -0.2) is 21.4 Å². The minimum absolute atomic E-state index is 0.0382. The van der Waals surface area contributed by atoms with Gasteiger partial charge in [-0.3, -0.25) is 14.9 Å². The number of carbonyl (C=O) groups is 2. The van der Waals surface area contributed by atoms with Gasteiger partial charge in [-0.15, -0.1) is 0 Å². The number of amides is 2. The third kappa shape index (κ3) is 2.23. The highest BCUT2D eigenvalue weighted by Gasteiger charge is 2.37. The lowest BCUT2D eigenvalue weighted by molar-refractivity contribution is -0.137. The molecule has 2 amide bonds. The van der Waals surface area contributed by atoms with Crippen molar-refractivity contribution in [2.24, 2.45) is 13.0 Å². The van der Waals surface area contributed by atoms with Crippen LogP contribution in [0.5, 0.6) is 0 Å². The summed E-state index contributed by atoms with van der Waals surface area (Å²) in [5, 5.41) is 2.42. The summed E-state index contributed by atoms with van der Waals surface area (Å²) in [5.41, 5.74) is 0.964. The highest BCUT2D eigenvalue weighted by molar-refractivity contribution is 5.99. The molecule has 0 spiro atoms. The van der Waals surface area contributed by atoms with E-state index in [9.17, 15) is 9.59 Å². The predicted octanol–water partition coefficient (Wildman–Crippen LogP) is 0.966. The number of rotatable bonds is 3. The van der Waals surface area contributed by atoms with Gasteiger partial charge in [0.25, 0.3) is 0 Å². The van der Waals surface area contributed by atoms with Crippen molar-refractivity contribution in [2.45, 2.75) is 32.1 Å². The number of aryl methyl sites for hydroxylation is 1. The monoisotopic (exact) mass is 235 g/mol. The molecule has 1 aromatic rings. The highest BCUT2D eigenvalue weighted by atomic mass is 16.2. The second-order valence-electron chi connectivity index (χ2n) is 4.55. The average molecular weight is 235 g/mol. The van der Waals surface area contributed by atoms with Gasteiger partial charge in [-0.1, -0.05) is 13.3 Å². The SMILES string of the molecule is CCCC1C(=O)NC(=O)CC1c1cncn1C. The van der Waals surface area contributed by atoms with Gasteiger partial charge in [-0.05, 0) is 6.42 Å². The van der Waals surface area contributed by atoms with E-state index >= 15 is 0 Å². The number of hydrogen-bond acceptors (Lipinski definition) is 3. The fourth-order valence-corrected chi connectivity index (χ4v) is 2.48. The lowest BCUT2D eigenvalue weighted by Crippen LogP contribution is -2.45. The van der Waals surface area contributed by atoms with Gasteiger partial charge in [-0.25, -0.2) is 4.98 Å². The minimum atomic E-state index is -0.187. The number of imide groups is 1. The molecule has 0 saturated carbocycles. The molecule has 5 heteroatoms. The number of imidazole rings is 1. The van der Waals surface area contributed by atoms with Crippen LogP contribution in [0.1, 0.15) is 37.8 Å². The lowest BCUT2D eigenvalue weighted by atomic mass is 9.80. The smallest absolute Gasteiger partial charge is 0.230 e. The molecular formula is C12H17N3O2. The van der Waals surface area contributed by atoms with Crippen molar-refractivity contribution in [1.82, 2.24) is 14.9 Å². The van der Waals surface area contributed by atoms with Gasteiger partial charge in [0.2, 0.25) is 11.8 Å². The molecule has 1 aliphatic heterocycles. The van der Waals surface area contributed by atoms with E-state index in [4.69, 9.17) is 0 Å². The van der Waals surface area contributed by atoms with E-state index in [0.717, 1.165) is 18.5 Å². The van der Waals surface area contributed by atoms with E-state index in [-0.39, 0.29) is 23.7 Å². The van der Waals surface area contributed by atoms with Gasteiger partial charge in [-0.2, -0.15) is 0 Å². The van der Waals surface area contributed by atoms with Crippen molar-refractivity contribution in [3.8, 4) is 0 Å². The van der Waals surface area contributed by atoms with Crippen LogP contribution < -0.4 is 5.32 Å². The van der Waals surface area contributed by atoms with Crippen LogP contribution in [0.25, 0.3) is 0 Å². The summed E-state index contributed by atoms with van der Waals surface area (Å²) in [7, 11) is 1.89. The largest absolute Gasteiger partial charge is 0.337 e. The Hall–Kier alpha value is -1.65. The third-order valence-corrected chi connectivity index (χ3v) is 3.32. The van der Waals surface area contributed by atoms with Crippen LogP contribution in [0.2, 0.25) is 0 Å². The summed E-state index contributed by atoms with van der Waals surface area (Å²) in [5.74, 6) is -0.486. The number of nitrogens with one attached hydrogen (secondary N) is 1. The minimum Gasteiger partial charge on any atom is -0.337 e. The Labute approximate surface area is 100 Å². The Morgan fingerprint density at radius 1 is 1.53 bits per heavy atom. The standard InChI is InChI=1S/C12H17N3O2/c1-3-4-8-9(5-11(16)14-12(8)17)10-6-13-7-15(10)2/h6-9H,3-5H2,1-2H3,(H,14,16,17). The Morgan fingerprint density at radius 3 is 2.88 bits per heavy atom. The molecule has 1 aromatic heterocycles. The molecule has 1 fully saturated rings. The number of carbonyl (C=O) groups excluding carboxylic acids is 2. The first kappa shape index (κ1) is 11.8. The molecule has 2 heterocycles. The van der Waals surface area contributed by atoms with E-state index in [0.29, 0.717) is 6.42 Å². The maximum atomic E-state index is 11.8. The average Bonchev–Trinajstić information content (AvgIpc) is 2.68. The van der Waals surface area contributed by atoms with Gasteiger partial charge < -0.3 is 4.57 Å². The van der Waals surface area contributed by atoms with Crippen molar-refractivity contribution in [3.05, 3.63) is 18.2 Å². The molecule has 2 rings (SSSR count). The van der Waals surface area contributed by atoms with E-state index in [1.54, 1.807) is 12.5 Å². The summed E-state index contributed by atoms with van der Waals surface area (Å²) in [6.07, 6.45) is 5.56. The number of piperidine rings is 1. The second kappa shape index (κ2) is 4.69. The van der Waals surface area contributed by atoms with Crippen molar-refractivity contribution < 1.29 is 9.59 Å². The maximum Gasteiger partial charge on any atom is 0.230 e. The molecule has 0 bridgehead atoms. The second-order valence-corrected chi connectivity index (χ2v) is 4.55. The molecule has 0 aliphatic carbocycles. The van der Waals surface area contributed by atoms with Crippen molar-refractivity contribution in [2.75, 3.05) is 0 Å². The first-order valence-corrected chi connectivity index (χ1v) is 5.93. The summed E-state index contributed by atoms with van der Waals surface area (Å²) in [6.45, 7) is 2.05. The topological polar surface area (TPSA) is 64.0 Å². The summed E-state index contributed by atoms with van der Waals surface area (Å²) in [4.78, 5) is 27.4. The molecular weight excluding hydrogens is 218 g/mol.